The van der Waals surface area contributed by atoms with E-state index in [1.165, 1.54) is 12.4 Å². The fourth-order valence-corrected chi connectivity index (χ4v) is 1.72. The summed E-state index contributed by atoms with van der Waals surface area (Å²) in [6.45, 7) is 0. The van der Waals surface area contributed by atoms with Crippen LogP contribution in [0.15, 0.2) is 12.4 Å². The number of H-pyrrole nitrogens is 1. The average molecular weight is 215 g/mol. The van der Waals surface area contributed by atoms with E-state index in [4.69, 9.17) is 0 Å². The maximum absolute atomic E-state index is 12.5. The Morgan fingerprint density at radius 1 is 1.67 bits per heavy atom. The van der Waals surface area contributed by atoms with Crippen LogP contribution in [0.2, 0.25) is 0 Å². The number of nitrogens with zero attached hydrogens (tertiary/aromatic N) is 1. The van der Waals surface area contributed by atoms with Crippen LogP contribution in [0.1, 0.15) is 19.3 Å². The summed E-state index contributed by atoms with van der Waals surface area (Å²) in [7, 11) is 0. The normalized spacial score (nSPS) is 19.6. The van der Waals surface area contributed by atoms with Gasteiger partial charge < -0.3 is 5.32 Å². The second kappa shape index (κ2) is 3.60. The lowest BCUT2D eigenvalue weighted by molar-refractivity contribution is -0.129. The highest BCUT2D eigenvalue weighted by molar-refractivity contribution is 5.90. The first-order chi connectivity index (χ1) is 7.05. The zero-order valence-electron chi connectivity index (χ0n) is 7.96. The van der Waals surface area contributed by atoms with Crippen LogP contribution in [-0.2, 0) is 4.79 Å². The number of nitrogens with one attached hydrogen (secondary N) is 2. The Morgan fingerprint density at radius 3 is 2.93 bits per heavy atom. The summed E-state index contributed by atoms with van der Waals surface area (Å²) in [5, 5.41) is 8.77. The number of alkyl halides is 2. The Kier molecular flexibility index (Phi) is 2.42. The van der Waals surface area contributed by atoms with Crippen LogP contribution < -0.4 is 5.32 Å². The summed E-state index contributed by atoms with van der Waals surface area (Å²) in [5.41, 5.74) is 0.561. The molecule has 0 radical (unpaired) electrons. The van der Waals surface area contributed by atoms with Crippen molar-refractivity contribution in [3.05, 3.63) is 12.4 Å². The smallest absolute Gasteiger partial charge is 0.248 e. The minimum Gasteiger partial charge on any atom is -0.323 e. The molecular weight excluding hydrogens is 204 g/mol. The van der Waals surface area contributed by atoms with Gasteiger partial charge in [-0.05, 0) is 5.92 Å². The Labute approximate surface area is 85.1 Å². The molecule has 1 fully saturated rings. The van der Waals surface area contributed by atoms with E-state index in [0.29, 0.717) is 5.69 Å². The maximum atomic E-state index is 12.5. The third kappa shape index (κ3) is 2.51. The molecule has 1 aliphatic rings. The Balaban J connectivity index is 1.75. The van der Waals surface area contributed by atoms with Crippen molar-refractivity contribution >= 4 is 11.6 Å². The summed E-state index contributed by atoms with van der Waals surface area (Å²) in [6.07, 6.45) is 2.80. The minimum atomic E-state index is -2.55. The highest BCUT2D eigenvalue weighted by atomic mass is 19.3. The van der Waals surface area contributed by atoms with Gasteiger partial charge in [0, 0.05) is 25.5 Å². The quantitative estimate of drug-likeness (QED) is 0.807. The number of hydrogen-bond acceptors (Lipinski definition) is 2. The van der Waals surface area contributed by atoms with Crippen LogP contribution in [0.4, 0.5) is 14.5 Å². The van der Waals surface area contributed by atoms with Gasteiger partial charge >= 0.3 is 0 Å². The van der Waals surface area contributed by atoms with E-state index in [1.54, 1.807) is 0 Å². The molecule has 6 heteroatoms. The van der Waals surface area contributed by atoms with Crippen molar-refractivity contribution in [2.45, 2.75) is 25.2 Å². The van der Waals surface area contributed by atoms with Crippen molar-refractivity contribution in [1.82, 2.24) is 10.2 Å². The molecule has 0 aromatic carbocycles. The van der Waals surface area contributed by atoms with Crippen LogP contribution in [-0.4, -0.2) is 22.0 Å². The third-order valence-electron chi connectivity index (χ3n) is 2.43. The van der Waals surface area contributed by atoms with Gasteiger partial charge in [0.15, 0.2) is 0 Å². The molecule has 15 heavy (non-hydrogen) atoms. The maximum Gasteiger partial charge on any atom is 0.248 e. The standard InChI is InChI=1S/C9H11F2N3O/c10-9(11)2-6(3-9)1-8(15)14-7-4-12-13-5-7/h4-6H,1-3H2,(H,12,13)(H,14,15). The van der Waals surface area contributed by atoms with Crippen molar-refractivity contribution in [2.75, 3.05) is 5.32 Å². The fraction of sp³-hybridized carbons (Fsp3) is 0.556. The van der Waals surface area contributed by atoms with E-state index >= 15 is 0 Å². The summed E-state index contributed by atoms with van der Waals surface area (Å²) < 4.78 is 24.9. The molecule has 1 aliphatic carbocycles. The Hall–Kier alpha value is -1.46. The van der Waals surface area contributed by atoms with Gasteiger partial charge in [-0.15, -0.1) is 0 Å². The molecule has 0 spiro atoms. The van der Waals surface area contributed by atoms with Gasteiger partial charge in [-0.3, -0.25) is 9.89 Å². The minimum absolute atomic E-state index is 0.154. The number of halogens is 2. The van der Waals surface area contributed by atoms with Crippen molar-refractivity contribution in [2.24, 2.45) is 5.92 Å². The molecule has 2 rings (SSSR count). The van der Waals surface area contributed by atoms with Gasteiger partial charge in [-0.1, -0.05) is 0 Å². The number of anilines is 1. The van der Waals surface area contributed by atoms with Gasteiger partial charge in [0.05, 0.1) is 11.9 Å². The topological polar surface area (TPSA) is 57.8 Å². The van der Waals surface area contributed by atoms with Crippen LogP contribution in [0, 0.1) is 5.92 Å². The SMILES string of the molecule is O=C(CC1CC(F)(F)C1)Nc1cn[nH]c1. The van der Waals surface area contributed by atoms with E-state index in [0.717, 1.165) is 0 Å². The van der Waals surface area contributed by atoms with E-state index in [2.05, 4.69) is 15.5 Å². The van der Waals surface area contributed by atoms with E-state index in [1.807, 2.05) is 0 Å². The summed E-state index contributed by atoms with van der Waals surface area (Å²) in [4.78, 5) is 11.3. The van der Waals surface area contributed by atoms with E-state index in [9.17, 15) is 13.6 Å². The van der Waals surface area contributed by atoms with Crippen molar-refractivity contribution in [3.63, 3.8) is 0 Å². The largest absolute Gasteiger partial charge is 0.323 e. The van der Waals surface area contributed by atoms with Gasteiger partial charge in [-0.2, -0.15) is 5.10 Å². The van der Waals surface area contributed by atoms with Crippen LogP contribution in [0.5, 0.6) is 0 Å². The number of carbonyl (C=O) groups excluding carboxylic acids is 1. The van der Waals surface area contributed by atoms with Gasteiger partial charge in [0.2, 0.25) is 11.8 Å². The molecule has 1 amide bonds. The monoisotopic (exact) mass is 215 g/mol. The highest BCUT2D eigenvalue weighted by Gasteiger charge is 2.45. The molecule has 1 aromatic heterocycles. The van der Waals surface area contributed by atoms with Crippen molar-refractivity contribution in [3.8, 4) is 0 Å². The third-order valence-corrected chi connectivity index (χ3v) is 2.43. The van der Waals surface area contributed by atoms with Gasteiger partial charge in [-0.25, -0.2) is 8.78 Å². The first-order valence-electron chi connectivity index (χ1n) is 4.72. The van der Waals surface area contributed by atoms with Crippen molar-refractivity contribution < 1.29 is 13.6 Å². The number of amides is 1. The zero-order chi connectivity index (χ0) is 10.9. The molecular formula is C9H11F2N3O. The van der Waals surface area contributed by atoms with Gasteiger partial charge in [0.1, 0.15) is 0 Å². The summed E-state index contributed by atoms with van der Waals surface area (Å²) in [5.74, 6) is -2.98. The molecule has 1 saturated carbocycles. The molecule has 0 saturated heterocycles. The summed E-state index contributed by atoms with van der Waals surface area (Å²) >= 11 is 0. The number of rotatable bonds is 3. The first kappa shape index (κ1) is 10.1. The van der Waals surface area contributed by atoms with Crippen molar-refractivity contribution in [1.29, 1.82) is 0 Å². The Bertz CT molecular complexity index is 342. The molecule has 0 atom stereocenters. The lowest BCUT2D eigenvalue weighted by Crippen LogP contribution is -2.37. The molecule has 0 aliphatic heterocycles. The van der Waals surface area contributed by atoms with Crippen LogP contribution in [0.25, 0.3) is 0 Å². The van der Waals surface area contributed by atoms with E-state index < -0.39 is 5.92 Å². The number of carbonyl (C=O) groups is 1. The molecule has 1 heterocycles. The first-order valence-corrected chi connectivity index (χ1v) is 4.72. The zero-order valence-corrected chi connectivity index (χ0v) is 7.96. The number of aromatic nitrogens is 2. The predicted octanol–water partition coefficient (Wildman–Crippen LogP) is 1.78. The average Bonchev–Trinajstić information content (AvgIpc) is 2.52. The molecule has 0 bridgehead atoms. The number of aromatic amines is 1. The molecule has 82 valence electrons. The molecule has 1 aromatic rings. The fourth-order valence-electron chi connectivity index (χ4n) is 1.72. The lowest BCUT2D eigenvalue weighted by Gasteiger charge is -2.34. The lowest BCUT2D eigenvalue weighted by atomic mass is 9.79. The predicted molar refractivity (Wildman–Crippen MR) is 49.5 cm³/mol. The second-order valence-electron chi connectivity index (χ2n) is 3.87. The summed E-state index contributed by atoms with van der Waals surface area (Å²) in [6, 6.07) is 0. The Morgan fingerprint density at radius 2 is 2.40 bits per heavy atom. The van der Waals surface area contributed by atoms with E-state index in [-0.39, 0.29) is 31.1 Å². The molecule has 0 unspecified atom stereocenters. The second-order valence-corrected chi connectivity index (χ2v) is 3.87. The number of hydrogen-bond donors (Lipinski definition) is 2. The highest BCUT2D eigenvalue weighted by Crippen LogP contribution is 2.43. The van der Waals surface area contributed by atoms with Crippen LogP contribution >= 0.6 is 0 Å². The molecule has 4 nitrogen and oxygen atoms in total. The van der Waals surface area contributed by atoms with Crippen LogP contribution in [0.3, 0.4) is 0 Å². The van der Waals surface area contributed by atoms with Gasteiger partial charge in [0.25, 0.3) is 0 Å². The molecule has 2 N–H and O–H groups in total.